The van der Waals surface area contributed by atoms with Crippen molar-refractivity contribution < 1.29 is 9.18 Å². The smallest absolute Gasteiger partial charge is 0.270 e. The molecule has 180 valence electrons. The molecule has 0 atom stereocenters. The van der Waals surface area contributed by atoms with Gasteiger partial charge >= 0.3 is 0 Å². The van der Waals surface area contributed by atoms with Gasteiger partial charge in [-0.05, 0) is 88.7 Å². The van der Waals surface area contributed by atoms with Gasteiger partial charge in [-0.15, -0.1) is 0 Å². The predicted octanol–water partition coefficient (Wildman–Crippen LogP) is 5.11. The number of rotatable bonds is 5. The van der Waals surface area contributed by atoms with E-state index in [1.807, 2.05) is 34.9 Å². The van der Waals surface area contributed by atoms with E-state index in [9.17, 15) is 9.18 Å². The summed E-state index contributed by atoms with van der Waals surface area (Å²) in [5.74, 6) is -0.347. The molecule has 6 nitrogen and oxygen atoms in total. The highest BCUT2D eigenvalue weighted by molar-refractivity contribution is 5.93. The number of aryl methyl sites for hydroxylation is 1. The fourth-order valence-electron chi connectivity index (χ4n) is 4.96. The Hall–Kier alpha value is -3.58. The Morgan fingerprint density at radius 3 is 2.57 bits per heavy atom. The van der Waals surface area contributed by atoms with Crippen molar-refractivity contribution in [1.29, 1.82) is 0 Å². The Kier molecular flexibility index (Phi) is 6.34. The van der Waals surface area contributed by atoms with E-state index in [1.54, 1.807) is 31.5 Å². The van der Waals surface area contributed by atoms with Gasteiger partial charge in [0.25, 0.3) is 5.91 Å². The second-order valence-electron chi connectivity index (χ2n) is 9.60. The fraction of sp³-hybridized carbons (Fsp3) is 0.321. The van der Waals surface area contributed by atoms with E-state index in [1.165, 1.54) is 6.07 Å². The van der Waals surface area contributed by atoms with Crippen LogP contribution in [0, 0.1) is 12.7 Å². The molecule has 4 aromatic rings. The minimum Gasteiger partial charge on any atom is -0.348 e. The molecule has 0 aliphatic heterocycles. The van der Waals surface area contributed by atoms with Gasteiger partial charge in [0.1, 0.15) is 17.2 Å². The van der Waals surface area contributed by atoms with Crippen LogP contribution in [0.3, 0.4) is 0 Å². The van der Waals surface area contributed by atoms with Gasteiger partial charge in [-0.3, -0.25) is 14.2 Å². The molecule has 1 saturated carbocycles. The van der Waals surface area contributed by atoms with Crippen LogP contribution >= 0.6 is 0 Å². The van der Waals surface area contributed by atoms with E-state index >= 15 is 0 Å². The molecular formula is C28H30FN5O. The largest absolute Gasteiger partial charge is 0.348 e. The number of nitrogens with zero attached hydrogens (tertiary/aromatic N) is 4. The first kappa shape index (κ1) is 23.2. The molecular weight excluding hydrogens is 441 g/mol. The quantitative estimate of drug-likeness (QED) is 0.439. The summed E-state index contributed by atoms with van der Waals surface area (Å²) in [5.41, 5.74) is 5.21. The van der Waals surface area contributed by atoms with Gasteiger partial charge in [-0.1, -0.05) is 6.07 Å². The zero-order chi connectivity index (χ0) is 24.5. The summed E-state index contributed by atoms with van der Waals surface area (Å²) >= 11 is 0. The molecule has 5 rings (SSSR count). The number of hydrogen-bond donors (Lipinski definition) is 1. The number of benzene rings is 1. The van der Waals surface area contributed by atoms with E-state index in [0.717, 1.165) is 48.1 Å². The summed E-state index contributed by atoms with van der Waals surface area (Å²) in [5, 5.41) is 3.21. The number of aromatic nitrogens is 3. The summed E-state index contributed by atoms with van der Waals surface area (Å²) in [6.07, 6.45) is 9.42. The number of carbonyl (C=O) groups excluding carboxylic acids is 1. The van der Waals surface area contributed by atoms with Gasteiger partial charge in [0.2, 0.25) is 0 Å². The maximum atomic E-state index is 13.8. The average molecular weight is 472 g/mol. The number of halogens is 1. The minimum absolute atomic E-state index is 0.108. The van der Waals surface area contributed by atoms with Crippen molar-refractivity contribution in [3.05, 3.63) is 78.1 Å². The third-order valence-corrected chi connectivity index (χ3v) is 7.05. The van der Waals surface area contributed by atoms with Gasteiger partial charge in [-0.25, -0.2) is 9.37 Å². The highest BCUT2D eigenvalue weighted by Gasteiger charge is 2.25. The minimum atomic E-state index is -0.239. The topological polar surface area (TPSA) is 62.5 Å². The SMILES string of the molecule is Cc1cc(-c2ncccc2-c2ccc3ncc(C(=O)NC4CCC(N(C)C)CC4)n3c2)ccc1F. The standard InChI is InChI=1S/C28H30FN5O/c1-18-15-19(6-12-24(18)29)27-23(5-4-14-30-27)20-7-13-26-31-16-25(34(26)17-20)28(35)32-21-8-10-22(11-9-21)33(2)3/h4-7,12-17,21-22H,8-11H2,1-3H3,(H,32,35). The molecule has 7 heteroatoms. The lowest BCUT2D eigenvalue weighted by Gasteiger charge is -2.32. The van der Waals surface area contributed by atoms with Crippen molar-refractivity contribution in [2.45, 2.75) is 44.7 Å². The molecule has 1 aliphatic carbocycles. The lowest BCUT2D eigenvalue weighted by atomic mass is 9.90. The van der Waals surface area contributed by atoms with Crippen LogP contribution in [-0.2, 0) is 0 Å². The molecule has 0 bridgehead atoms. The molecule has 1 N–H and O–H groups in total. The maximum Gasteiger partial charge on any atom is 0.270 e. The van der Waals surface area contributed by atoms with Gasteiger partial charge in [0, 0.05) is 41.2 Å². The van der Waals surface area contributed by atoms with Crippen LogP contribution in [0.1, 0.15) is 41.7 Å². The highest BCUT2D eigenvalue weighted by atomic mass is 19.1. The van der Waals surface area contributed by atoms with Crippen LogP contribution in [0.2, 0.25) is 0 Å². The summed E-state index contributed by atoms with van der Waals surface area (Å²) in [4.78, 5) is 24.5. The van der Waals surface area contributed by atoms with Crippen molar-refractivity contribution in [2.75, 3.05) is 14.1 Å². The summed E-state index contributed by atoms with van der Waals surface area (Å²) in [6, 6.07) is 13.5. The van der Waals surface area contributed by atoms with Gasteiger partial charge < -0.3 is 10.2 Å². The van der Waals surface area contributed by atoms with Gasteiger partial charge in [0.05, 0.1) is 11.9 Å². The lowest BCUT2D eigenvalue weighted by Crippen LogP contribution is -2.42. The zero-order valence-corrected chi connectivity index (χ0v) is 20.3. The summed E-state index contributed by atoms with van der Waals surface area (Å²) in [6.45, 7) is 1.75. The van der Waals surface area contributed by atoms with Crippen molar-refractivity contribution in [3.63, 3.8) is 0 Å². The van der Waals surface area contributed by atoms with Crippen LogP contribution in [-0.4, -0.2) is 51.4 Å². The molecule has 1 amide bonds. The van der Waals surface area contributed by atoms with E-state index in [4.69, 9.17) is 0 Å². The number of pyridine rings is 2. The number of amides is 1. The van der Waals surface area contributed by atoms with E-state index in [-0.39, 0.29) is 17.8 Å². The molecule has 1 fully saturated rings. The normalized spacial score (nSPS) is 18.2. The van der Waals surface area contributed by atoms with E-state index < -0.39 is 0 Å². The fourth-order valence-corrected chi connectivity index (χ4v) is 4.96. The number of fused-ring (bicyclic) bond motifs is 1. The van der Waals surface area contributed by atoms with Gasteiger partial charge in [0.15, 0.2) is 0 Å². The van der Waals surface area contributed by atoms with Crippen LogP contribution < -0.4 is 5.32 Å². The van der Waals surface area contributed by atoms with Crippen LogP contribution in [0.15, 0.2) is 61.1 Å². The third-order valence-electron chi connectivity index (χ3n) is 7.05. The van der Waals surface area contributed by atoms with Crippen LogP contribution in [0.4, 0.5) is 4.39 Å². The maximum absolute atomic E-state index is 13.8. The average Bonchev–Trinajstić information content (AvgIpc) is 3.29. The van der Waals surface area contributed by atoms with Crippen LogP contribution in [0.5, 0.6) is 0 Å². The molecule has 0 spiro atoms. The van der Waals surface area contributed by atoms with Crippen molar-refractivity contribution in [2.24, 2.45) is 0 Å². The van der Waals surface area contributed by atoms with Crippen molar-refractivity contribution >= 4 is 11.6 Å². The second-order valence-corrected chi connectivity index (χ2v) is 9.60. The van der Waals surface area contributed by atoms with Crippen molar-refractivity contribution in [1.82, 2.24) is 24.6 Å². The Labute approximate surface area is 204 Å². The number of hydrogen-bond acceptors (Lipinski definition) is 4. The van der Waals surface area contributed by atoms with Crippen molar-refractivity contribution in [3.8, 4) is 22.4 Å². The zero-order valence-electron chi connectivity index (χ0n) is 20.3. The first-order chi connectivity index (χ1) is 16.9. The number of carbonyl (C=O) groups is 1. The Bertz CT molecular complexity index is 1370. The number of imidazole rings is 1. The highest BCUT2D eigenvalue weighted by Crippen LogP contribution is 2.31. The van der Waals surface area contributed by atoms with Gasteiger partial charge in [-0.2, -0.15) is 0 Å². The summed E-state index contributed by atoms with van der Waals surface area (Å²) in [7, 11) is 4.23. The molecule has 1 aromatic carbocycles. The lowest BCUT2D eigenvalue weighted by molar-refractivity contribution is 0.0910. The molecule has 0 radical (unpaired) electrons. The van der Waals surface area contributed by atoms with E-state index in [0.29, 0.717) is 22.9 Å². The predicted molar refractivity (Wildman–Crippen MR) is 136 cm³/mol. The Balaban J connectivity index is 1.44. The molecule has 0 unspecified atom stereocenters. The molecule has 0 saturated heterocycles. The Morgan fingerprint density at radius 1 is 1.06 bits per heavy atom. The third kappa shape index (κ3) is 4.68. The molecule has 3 heterocycles. The monoisotopic (exact) mass is 471 g/mol. The molecule has 35 heavy (non-hydrogen) atoms. The molecule has 1 aliphatic rings. The first-order valence-electron chi connectivity index (χ1n) is 12.1. The molecule has 3 aromatic heterocycles. The Morgan fingerprint density at radius 2 is 1.83 bits per heavy atom. The van der Waals surface area contributed by atoms with E-state index in [2.05, 4.69) is 34.3 Å². The van der Waals surface area contributed by atoms with Crippen LogP contribution in [0.25, 0.3) is 28.0 Å². The summed E-state index contributed by atoms with van der Waals surface area (Å²) < 4.78 is 15.7. The number of nitrogens with one attached hydrogen (secondary N) is 1. The first-order valence-corrected chi connectivity index (χ1v) is 12.1. The second kappa shape index (κ2) is 9.58.